The molecule has 1 atom stereocenters. The second kappa shape index (κ2) is 10.6. The molecule has 1 aromatic heterocycles. The number of aromatic nitrogens is 1. The van der Waals surface area contributed by atoms with E-state index in [0.717, 1.165) is 24.3 Å². The van der Waals surface area contributed by atoms with Gasteiger partial charge in [-0.1, -0.05) is 34.8 Å². The van der Waals surface area contributed by atoms with Crippen LogP contribution in [0.4, 0.5) is 15.9 Å². The van der Waals surface area contributed by atoms with Gasteiger partial charge in [-0.2, -0.15) is 0 Å². The van der Waals surface area contributed by atoms with Gasteiger partial charge in [-0.3, -0.25) is 9.52 Å². The maximum Gasteiger partial charge on any atom is 0.340 e. The van der Waals surface area contributed by atoms with Crippen LogP contribution < -0.4 is 10.0 Å². The molecule has 0 spiro atoms. The van der Waals surface area contributed by atoms with Crippen LogP contribution in [0.15, 0.2) is 59.6 Å². The second-order valence-electron chi connectivity index (χ2n) is 6.77. The zero-order valence-corrected chi connectivity index (χ0v) is 20.3. The van der Waals surface area contributed by atoms with E-state index in [1.807, 2.05) is 0 Å². The first kappa shape index (κ1) is 25.7. The lowest BCUT2D eigenvalue weighted by atomic mass is 10.2. The van der Waals surface area contributed by atoms with E-state index in [9.17, 15) is 22.4 Å². The van der Waals surface area contributed by atoms with Crippen molar-refractivity contribution >= 4 is 68.2 Å². The van der Waals surface area contributed by atoms with Crippen molar-refractivity contribution in [1.29, 1.82) is 0 Å². The molecule has 0 aliphatic heterocycles. The van der Waals surface area contributed by atoms with E-state index in [4.69, 9.17) is 39.5 Å². The van der Waals surface area contributed by atoms with Gasteiger partial charge in [0, 0.05) is 11.9 Å². The number of carbonyl (C=O) groups is 2. The lowest BCUT2D eigenvalue weighted by Gasteiger charge is -2.15. The van der Waals surface area contributed by atoms with Crippen molar-refractivity contribution in [2.75, 3.05) is 10.0 Å². The Balaban J connectivity index is 1.79. The summed E-state index contributed by atoms with van der Waals surface area (Å²) in [6.07, 6.45) is 0.0395. The summed E-state index contributed by atoms with van der Waals surface area (Å²) in [5.41, 5.74) is -0.271. The van der Waals surface area contributed by atoms with Crippen LogP contribution in [-0.4, -0.2) is 31.4 Å². The van der Waals surface area contributed by atoms with Gasteiger partial charge in [0.15, 0.2) is 6.10 Å². The van der Waals surface area contributed by atoms with Gasteiger partial charge in [0.25, 0.3) is 15.9 Å². The van der Waals surface area contributed by atoms with E-state index in [2.05, 4.69) is 15.0 Å². The van der Waals surface area contributed by atoms with Gasteiger partial charge >= 0.3 is 5.97 Å². The highest BCUT2D eigenvalue weighted by molar-refractivity contribution is 7.92. The van der Waals surface area contributed by atoms with Crippen LogP contribution in [0.5, 0.6) is 0 Å². The third kappa shape index (κ3) is 6.35. The zero-order valence-electron chi connectivity index (χ0n) is 17.2. The molecule has 2 aromatic carbocycles. The van der Waals surface area contributed by atoms with Gasteiger partial charge in [0.2, 0.25) is 0 Å². The molecule has 0 aliphatic carbocycles. The number of nitrogens with zero attached hydrogens (tertiary/aromatic N) is 1. The molecular formula is C21H15Cl3FN3O5S. The van der Waals surface area contributed by atoms with Crippen LogP contribution in [0.2, 0.25) is 15.1 Å². The number of ether oxygens (including phenoxy) is 1. The minimum absolute atomic E-state index is 0.0673. The Labute approximate surface area is 209 Å². The lowest BCUT2D eigenvalue weighted by molar-refractivity contribution is -0.123. The van der Waals surface area contributed by atoms with Gasteiger partial charge < -0.3 is 10.1 Å². The smallest absolute Gasteiger partial charge is 0.340 e. The fourth-order valence-electron chi connectivity index (χ4n) is 2.57. The zero-order chi connectivity index (χ0) is 25.0. The van der Waals surface area contributed by atoms with Crippen molar-refractivity contribution in [1.82, 2.24) is 4.98 Å². The number of rotatable bonds is 7. The number of anilines is 2. The molecule has 0 saturated heterocycles. The lowest BCUT2D eigenvalue weighted by Crippen LogP contribution is -2.30. The molecule has 0 saturated carbocycles. The van der Waals surface area contributed by atoms with Gasteiger partial charge in [0.1, 0.15) is 16.5 Å². The summed E-state index contributed by atoms with van der Waals surface area (Å²) in [7, 11) is -4.29. The quantitative estimate of drug-likeness (QED) is 0.395. The highest BCUT2D eigenvalue weighted by atomic mass is 35.5. The minimum atomic E-state index is -4.29. The van der Waals surface area contributed by atoms with E-state index < -0.39 is 38.7 Å². The number of hydrogen-bond donors (Lipinski definition) is 2. The van der Waals surface area contributed by atoms with Crippen LogP contribution in [-0.2, 0) is 19.6 Å². The number of esters is 1. The van der Waals surface area contributed by atoms with Gasteiger partial charge in [-0.25, -0.2) is 22.6 Å². The standard InChI is InChI=1S/C21H15Cl3FN3O5S/c1-11(20(29)27-19-7-2-12(22)10-26-19)33-21(30)15-8-18(17(24)9-16(15)23)34(31,32)28-14-5-3-13(25)4-6-14/h2-11,28H,1H3,(H,26,27,29). The number of benzene rings is 2. The Hall–Kier alpha value is -2.92. The summed E-state index contributed by atoms with van der Waals surface area (Å²) < 4.78 is 46.0. The monoisotopic (exact) mass is 545 g/mol. The normalized spacial score (nSPS) is 12.0. The van der Waals surface area contributed by atoms with Gasteiger partial charge in [0.05, 0.1) is 20.6 Å². The topological polar surface area (TPSA) is 114 Å². The van der Waals surface area contributed by atoms with Crippen LogP contribution in [0.25, 0.3) is 0 Å². The summed E-state index contributed by atoms with van der Waals surface area (Å²) in [6, 6.07) is 9.49. The third-order valence-corrected chi connectivity index (χ3v) is 6.64. The molecule has 1 heterocycles. The predicted molar refractivity (Wildman–Crippen MR) is 126 cm³/mol. The second-order valence-corrected chi connectivity index (χ2v) is 9.67. The Morgan fingerprint density at radius 3 is 2.32 bits per heavy atom. The summed E-state index contributed by atoms with van der Waals surface area (Å²) in [6.45, 7) is 1.31. The SMILES string of the molecule is CC(OC(=O)c1cc(S(=O)(=O)Nc2ccc(F)cc2)c(Cl)cc1Cl)C(=O)Nc1ccc(Cl)cn1. The summed E-state index contributed by atoms with van der Waals surface area (Å²) >= 11 is 17.9. The van der Waals surface area contributed by atoms with Crippen molar-refractivity contribution in [3.05, 3.63) is 81.2 Å². The number of amides is 1. The van der Waals surface area contributed by atoms with Crippen LogP contribution >= 0.6 is 34.8 Å². The van der Waals surface area contributed by atoms with Gasteiger partial charge in [-0.05, 0) is 55.5 Å². The van der Waals surface area contributed by atoms with Gasteiger partial charge in [-0.15, -0.1) is 0 Å². The van der Waals surface area contributed by atoms with Crippen LogP contribution in [0, 0.1) is 5.82 Å². The van der Waals surface area contributed by atoms with E-state index in [1.54, 1.807) is 0 Å². The number of hydrogen-bond acceptors (Lipinski definition) is 6. The Kier molecular flexibility index (Phi) is 7.98. The average molecular weight is 547 g/mol. The molecule has 8 nitrogen and oxygen atoms in total. The summed E-state index contributed by atoms with van der Waals surface area (Å²) in [5, 5.41) is 2.35. The first-order valence-electron chi connectivity index (χ1n) is 9.37. The van der Waals surface area contributed by atoms with Crippen molar-refractivity contribution in [2.45, 2.75) is 17.9 Å². The molecule has 178 valence electrons. The Morgan fingerprint density at radius 2 is 1.71 bits per heavy atom. The third-order valence-electron chi connectivity index (χ3n) is 4.26. The Bertz CT molecular complexity index is 1340. The summed E-state index contributed by atoms with van der Waals surface area (Å²) in [5.74, 6) is -2.13. The van der Waals surface area contributed by atoms with Crippen molar-refractivity contribution in [3.63, 3.8) is 0 Å². The molecule has 0 bridgehead atoms. The van der Waals surface area contributed by atoms with E-state index in [0.29, 0.717) is 5.02 Å². The number of sulfonamides is 1. The molecule has 3 aromatic rings. The molecule has 0 radical (unpaired) electrons. The maximum atomic E-state index is 13.1. The number of nitrogens with one attached hydrogen (secondary N) is 2. The van der Waals surface area contributed by atoms with Crippen LogP contribution in [0.1, 0.15) is 17.3 Å². The molecule has 1 amide bonds. The summed E-state index contributed by atoms with van der Waals surface area (Å²) in [4.78, 5) is 28.4. The molecule has 3 rings (SSSR count). The molecular weight excluding hydrogens is 532 g/mol. The molecule has 2 N–H and O–H groups in total. The highest BCUT2D eigenvalue weighted by Gasteiger charge is 2.26. The first-order chi connectivity index (χ1) is 16.0. The van der Waals surface area contributed by atoms with E-state index in [-0.39, 0.29) is 27.1 Å². The number of carbonyl (C=O) groups excluding carboxylic acids is 2. The van der Waals surface area contributed by atoms with Crippen molar-refractivity contribution in [2.24, 2.45) is 0 Å². The fourth-order valence-corrected chi connectivity index (χ4v) is 4.60. The molecule has 0 fully saturated rings. The van der Waals surface area contributed by atoms with E-state index >= 15 is 0 Å². The van der Waals surface area contributed by atoms with Crippen molar-refractivity contribution in [3.8, 4) is 0 Å². The molecule has 34 heavy (non-hydrogen) atoms. The molecule has 1 unspecified atom stereocenters. The predicted octanol–water partition coefficient (Wildman–Crippen LogP) is 5.17. The van der Waals surface area contributed by atoms with Crippen molar-refractivity contribution < 1.29 is 27.1 Å². The highest BCUT2D eigenvalue weighted by Crippen LogP contribution is 2.30. The number of pyridine rings is 1. The Morgan fingerprint density at radius 1 is 1.03 bits per heavy atom. The van der Waals surface area contributed by atoms with Crippen LogP contribution in [0.3, 0.4) is 0 Å². The minimum Gasteiger partial charge on any atom is -0.449 e. The molecule has 13 heteroatoms. The molecule has 0 aliphatic rings. The fraction of sp³-hybridized carbons (Fsp3) is 0.0952. The average Bonchev–Trinajstić information content (AvgIpc) is 2.76. The maximum absolute atomic E-state index is 13.1. The largest absolute Gasteiger partial charge is 0.449 e. The first-order valence-corrected chi connectivity index (χ1v) is 12.0. The van der Waals surface area contributed by atoms with E-state index in [1.165, 1.54) is 37.4 Å². The number of halogens is 4.